The summed E-state index contributed by atoms with van der Waals surface area (Å²) < 4.78 is 34.7. The molecule has 10 heteroatoms. The van der Waals surface area contributed by atoms with Crippen LogP contribution in [0.1, 0.15) is 232 Å². The van der Waals surface area contributed by atoms with Gasteiger partial charge in [-0.25, -0.2) is 4.57 Å². The third-order valence-corrected chi connectivity index (χ3v) is 14.8. The average molecular weight is 1260 g/mol. The Bertz CT molecular complexity index is 2270. The second kappa shape index (κ2) is 68.0. The van der Waals surface area contributed by atoms with Gasteiger partial charge in [-0.3, -0.25) is 18.6 Å². The Kier molecular flexibility index (Phi) is 63.9. The second-order valence-corrected chi connectivity index (χ2v) is 24.9. The summed E-state index contributed by atoms with van der Waals surface area (Å²) in [5.41, 5.74) is 0. The molecule has 0 bridgehead atoms. The highest BCUT2D eigenvalue weighted by Gasteiger charge is 2.27. The molecule has 9 nitrogen and oxygen atoms in total. The number of carbonyl (C=O) groups is 2. The number of esters is 2. The Labute approximate surface area is 551 Å². The summed E-state index contributed by atoms with van der Waals surface area (Å²) in [6, 6.07) is 0. The Morgan fingerprint density at radius 1 is 0.344 bits per heavy atom. The quantitative estimate of drug-likeness (QED) is 0.0211. The zero-order valence-corrected chi connectivity index (χ0v) is 58.2. The number of quaternary nitrogens is 1. The standard InChI is InChI=1S/C80H126NO8P/c1-6-8-10-12-14-16-18-20-22-24-26-28-30-32-34-35-36-37-38-39-40-41-42-43-44-45-47-49-51-53-55-57-59-61-63-65-67-69-71-73-80(83)89-78(77-88-90(84,85)87-75-74-81(3,4)5)76-86-79(82)72-70-68-66-64-62-60-58-56-54-52-50-48-46-33-31-29-27-25-23-21-19-17-15-13-11-9-7-2/h8-11,14-17,20-23,26-29,32-34,36-37,39-40,42-43,45-47,50-53,56,58,78H,6-7,12-13,18-19,24-25,30-31,35,38,41,44,48-49,54-55,57,59-77H2,1-5H3/p+1/b10-8-,11-9-,16-14-,17-15-,22-20-,23-21-,28-26-,29-27-,34-32-,37-36-,40-39-,43-42-,46-33-,47-45-,52-50-,53-51-,58-56-. The molecular weight excluding hydrogens is 1130 g/mol. The van der Waals surface area contributed by atoms with Gasteiger partial charge in [-0.05, 0) is 148 Å². The minimum atomic E-state index is -4.42. The molecule has 0 heterocycles. The number of likely N-dealkylation sites (N-methyl/N-ethyl adjacent to an activating group) is 1. The normalized spacial score (nSPS) is 14.4. The summed E-state index contributed by atoms with van der Waals surface area (Å²) in [6.07, 6.45) is 108. The van der Waals surface area contributed by atoms with E-state index in [-0.39, 0.29) is 26.1 Å². The molecule has 0 aliphatic heterocycles. The van der Waals surface area contributed by atoms with Crippen LogP contribution in [0.3, 0.4) is 0 Å². The lowest BCUT2D eigenvalue weighted by molar-refractivity contribution is -0.870. The van der Waals surface area contributed by atoms with Crippen LogP contribution in [0.2, 0.25) is 0 Å². The van der Waals surface area contributed by atoms with Crippen molar-refractivity contribution in [1.82, 2.24) is 0 Å². The number of phosphoric acid groups is 1. The molecule has 0 amide bonds. The van der Waals surface area contributed by atoms with Crippen LogP contribution >= 0.6 is 7.82 Å². The van der Waals surface area contributed by atoms with E-state index in [1.807, 2.05) is 21.1 Å². The predicted octanol–water partition coefficient (Wildman–Crippen LogP) is 23.0. The lowest BCUT2D eigenvalue weighted by atomic mass is 10.1. The lowest BCUT2D eigenvalue weighted by Gasteiger charge is -2.24. The highest BCUT2D eigenvalue weighted by molar-refractivity contribution is 7.47. The van der Waals surface area contributed by atoms with Crippen LogP contribution in [0.15, 0.2) is 207 Å². The molecule has 0 aromatic heterocycles. The van der Waals surface area contributed by atoms with E-state index in [9.17, 15) is 19.0 Å². The Morgan fingerprint density at radius 3 is 0.889 bits per heavy atom. The largest absolute Gasteiger partial charge is 0.472 e. The molecule has 0 saturated carbocycles. The number of allylic oxidation sites excluding steroid dienone is 34. The van der Waals surface area contributed by atoms with E-state index >= 15 is 0 Å². The number of unbranched alkanes of at least 4 members (excludes halogenated alkanes) is 13. The van der Waals surface area contributed by atoms with Gasteiger partial charge in [0.2, 0.25) is 0 Å². The van der Waals surface area contributed by atoms with Crippen LogP contribution in [-0.2, 0) is 32.7 Å². The SMILES string of the molecule is CC/C=C\C/C=C\C/C=C\C/C=C\C/C=C\C/C=C\C/C=C\C/C=C\C/C=C\C/C=C\CCCCCCCCCCC(=O)OC(COC(=O)CCCCCCC/C=C\C/C=C\C/C=C\C/C=C\C/C=C\C/C=C\C/C=C\CC)COP(=O)(O)OCC[N+](C)(C)C. The highest BCUT2D eigenvalue weighted by Crippen LogP contribution is 2.43. The molecular formula is C80H127NO8P+. The molecule has 1 N–H and O–H groups in total. The predicted molar refractivity (Wildman–Crippen MR) is 389 cm³/mol. The summed E-state index contributed by atoms with van der Waals surface area (Å²) in [7, 11) is 1.43. The third kappa shape index (κ3) is 71.7. The van der Waals surface area contributed by atoms with E-state index in [1.54, 1.807) is 0 Å². The van der Waals surface area contributed by atoms with Crippen molar-refractivity contribution in [2.75, 3.05) is 47.5 Å². The van der Waals surface area contributed by atoms with E-state index in [0.717, 1.165) is 167 Å². The zero-order valence-electron chi connectivity index (χ0n) is 57.3. The number of ether oxygens (including phenoxy) is 2. The second-order valence-electron chi connectivity index (χ2n) is 23.4. The maximum Gasteiger partial charge on any atom is 0.472 e. The number of rotatable bonds is 61. The minimum Gasteiger partial charge on any atom is -0.462 e. The molecule has 0 aromatic carbocycles. The molecule has 2 unspecified atom stereocenters. The van der Waals surface area contributed by atoms with Gasteiger partial charge in [-0.1, -0.05) is 278 Å². The van der Waals surface area contributed by atoms with E-state index in [4.69, 9.17) is 18.5 Å². The van der Waals surface area contributed by atoms with Crippen molar-refractivity contribution < 1.29 is 42.1 Å². The van der Waals surface area contributed by atoms with E-state index in [1.165, 1.54) is 25.7 Å². The third-order valence-electron chi connectivity index (χ3n) is 13.8. The first-order valence-electron chi connectivity index (χ1n) is 34.8. The van der Waals surface area contributed by atoms with Crippen molar-refractivity contribution in [3.05, 3.63) is 207 Å². The van der Waals surface area contributed by atoms with Gasteiger partial charge in [-0.15, -0.1) is 0 Å². The van der Waals surface area contributed by atoms with Gasteiger partial charge >= 0.3 is 19.8 Å². The van der Waals surface area contributed by atoms with Crippen molar-refractivity contribution in [2.24, 2.45) is 0 Å². The fraction of sp³-hybridized carbons (Fsp3) is 0.550. The van der Waals surface area contributed by atoms with Gasteiger partial charge in [0.1, 0.15) is 19.8 Å². The van der Waals surface area contributed by atoms with Crippen LogP contribution in [0, 0.1) is 0 Å². The highest BCUT2D eigenvalue weighted by atomic mass is 31.2. The molecule has 0 rings (SSSR count). The van der Waals surface area contributed by atoms with Crippen molar-refractivity contribution in [3.8, 4) is 0 Å². The average Bonchev–Trinajstić information content (AvgIpc) is 3.58. The summed E-state index contributed by atoms with van der Waals surface area (Å²) in [4.78, 5) is 35.9. The molecule has 0 spiro atoms. The molecule has 0 aliphatic rings. The van der Waals surface area contributed by atoms with Gasteiger partial charge in [0.15, 0.2) is 6.10 Å². The number of carbonyl (C=O) groups excluding carboxylic acids is 2. The molecule has 0 radical (unpaired) electrons. The van der Waals surface area contributed by atoms with Crippen LogP contribution < -0.4 is 0 Å². The van der Waals surface area contributed by atoms with Gasteiger partial charge in [0, 0.05) is 12.8 Å². The van der Waals surface area contributed by atoms with Crippen LogP contribution in [0.4, 0.5) is 0 Å². The molecule has 504 valence electrons. The topological polar surface area (TPSA) is 108 Å². The van der Waals surface area contributed by atoms with Crippen molar-refractivity contribution in [2.45, 2.75) is 238 Å². The first-order valence-corrected chi connectivity index (χ1v) is 36.3. The van der Waals surface area contributed by atoms with Crippen LogP contribution in [0.25, 0.3) is 0 Å². The Morgan fingerprint density at radius 2 is 0.600 bits per heavy atom. The van der Waals surface area contributed by atoms with Gasteiger partial charge in [0.25, 0.3) is 0 Å². The number of phosphoric ester groups is 1. The van der Waals surface area contributed by atoms with Crippen molar-refractivity contribution >= 4 is 19.8 Å². The summed E-state index contributed by atoms with van der Waals surface area (Å²) in [6.45, 7) is 4.14. The molecule has 90 heavy (non-hydrogen) atoms. The fourth-order valence-corrected chi connectivity index (χ4v) is 9.29. The fourth-order valence-electron chi connectivity index (χ4n) is 8.55. The maximum absolute atomic E-state index is 12.9. The van der Waals surface area contributed by atoms with Gasteiger partial charge in [-0.2, -0.15) is 0 Å². The minimum absolute atomic E-state index is 0.0145. The van der Waals surface area contributed by atoms with Crippen molar-refractivity contribution in [3.63, 3.8) is 0 Å². The smallest absolute Gasteiger partial charge is 0.462 e. The first kappa shape index (κ1) is 84.6. The van der Waals surface area contributed by atoms with Gasteiger partial charge in [0.05, 0.1) is 27.7 Å². The Hall–Kier alpha value is -5.41. The van der Waals surface area contributed by atoms with Crippen molar-refractivity contribution in [1.29, 1.82) is 0 Å². The van der Waals surface area contributed by atoms with Crippen LogP contribution in [0.5, 0.6) is 0 Å². The summed E-state index contributed by atoms with van der Waals surface area (Å²) in [5, 5.41) is 0. The number of hydrogen-bond donors (Lipinski definition) is 1. The van der Waals surface area contributed by atoms with E-state index < -0.39 is 32.5 Å². The molecule has 2 atom stereocenters. The Balaban J connectivity index is 4.20. The first-order chi connectivity index (χ1) is 44.0. The maximum atomic E-state index is 12.9. The summed E-state index contributed by atoms with van der Waals surface area (Å²) >= 11 is 0. The van der Waals surface area contributed by atoms with E-state index in [2.05, 4.69) is 220 Å². The summed E-state index contributed by atoms with van der Waals surface area (Å²) in [5.74, 6) is -0.846. The number of hydrogen-bond acceptors (Lipinski definition) is 7. The zero-order chi connectivity index (χ0) is 65.5. The number of nitrogens with zero attached hydrogens (tertiary/aromatic N) is 1. The van der Waals surface area contributed by atoms with Gasteiger partial charge < -0.3 is 18.9 Å². The molecule has 0 fully saturated rings. The molecule has 0 saturated heterocycles. The molecule has 0 aliphatic carbocycles. The monoisotopic (exact) mass is 1260 g/mol. The van der Waals surface area contributed by atoms with Crippen LogP contribution in [-0.4, -0.2) is 74.9 Å². The molecule has 0 aromatic rings. The van der Waals surface area contributed by atoms with E-state index in [0.29, 0.717) is 23.9 Å². The lowest BCUT2D eigenvalue weighted by Crippen LogP contribution is -2.37.